The largest absolute Gasteiger partial charge is 0.341 e. The lowest BCUT2D eigenvalue weighted by Crippen LogP contribution is -2.18. The number of para-hydroxylation sites is 1. The quantitative estimate of drug-likeness (QED) is 0.789. The summed E-state index contributed by atoms with van der Waals surface area (Å²) in [5.41, 5.74) is 9.61. The normalized spacial score (nSPS) is 12.9. The molecular weight excluding hydrogens is 248 g/mol. The van der Waals surface area contributed by atoms with Gasteiger partial charge in [0.25, 0.3) is 0 Å². The van der Waals surface area contributed by atoms with E-state index in [4.69, 9.17) is 5.73 Å². The van der Waals surface area contributed by atoms with Crippen molar-refractivity contribution in [2.24, 2.45) is 12.8 Å². The molecule has 0 aliphatic heterocycles. The van der Waals surface area contributed by atoms with Crippen LogP contribution in [-0.2, 0) is 20.0 Å². The van der Waals surface area contributed by atoms with Crippen LogP contribution in [0.4, 0.5) is 0 Å². The molecule has 4 heteroatoms. The minimum Gasteiger partial charge on any atom is -0.341 e. The van der Waals surface area contributed by atoms with Gasteiger partial charge in [0.2, 0.25) is 0 Å². The predicted molar refractivity (Wildman–Crippen MR) is 81.6 cm³/mol. The number of aromatic nitrogens is 3. The van der Waals surface area contributed by atoms with Crippen molar-refractivity contribution in [1.29, 1.82) is 0 Å². The maximum absolute atomic E-state index is 5.97. The lowest BCUT2D eigenvalue weighted by atomic mass is 10.0. The highest BCUT2D eigenvalue weighted by Crippen LogP contribution is 2.22. The van der Waals surface area contributed by atoms with E-state index < -0.39 is 0 Å². The Bertz CT molecular complexity index is 721. The lowest BCUT2D eigenvalue weighted by Gasteiger charge is -2.11. The summed E-state index contributed by atoms with van der Waals surface area (Å²) in [5.74, 6) is 0. The predicted octanol–water partition coefficient (Wildman–Crippen LogP) is 2.31. The number of fused-ring (bicyclic) bond motifs is 1. The minimum absolute atomic E-state index is 0.166. The zero-order chi connectivity index (χ0) is 14.1. The molecule has 0 aliphatic rings. The van der Waals surface area contributed by atoms with Crippen LogP contribution in [0.15, 0.2) is 42.7 Å². The van der Waals surface area contributed by atoms with Crippen LogP contribution >= 0.6 is 0 Å². The van der Waals surface area contributed by atoms with Gasteiger partial charge in [-0.3, -0.25) is 4.68 Å². The molecule has 1 atom stereocenters. The molecule has 1 unspecified atom stereocenters. The van der Waals surface area contributed by atoms with Gasteiger partial charge < -0.3 is 10.3 Å². The molecule has 3 aromatic rings. The topological polar surface area (TPSA) is 48.8 Å². The first kappa shape index (κ1) is 12.9. The van der Waals surface area contributed by atoms with Gasteiger partial charge in [-0.1, -0.05) is 18.2 Å². The van der Waals surface area contributed by atoms with Crippen LogP contribution in [0.2, 0.25) is 0 Å². The number of nitrogens with zero attached hydrogens (tertiary/aromatic N) is 3. The number of nitrogens with two attached hydrogens (primary N) is 1. The molecule has 0 fully saturated rings. The summed E-state index contributed by atoms with van der Waals surface area (Å²) in [6.07, 6.45) is 5.00. The van der Waals surface area contributed by atoms with Crippen LogP contribution in [0.5, 0.6) is 0 Å². The van der Waals surface area contributed by atoms with Crippen molar-refractivity contribution >= 4 is 10.9 Å². The fourth-order valence-electron chi connectivity index (χ4n) is 2.71. The number of hydrogen-bond donors (Lipinski definition) is 1. The van der Waals surface area contributed by atoms with Crippen LogP contribution in [-0.4, -0.2) is 20.4 Å². The van der Waals surface area contributed by atoms with E-state index in [0.29, 0.717) is 0 Å². The van der Waals surface area contributed by atoms with E-state index in [1.54, 1.807) is 0 Å². The van der Waals surface area contributed by atoms with Gasteiger partial charge in [0, 0.05) is 25.5 Å². The third-order valence-corrected chi connectivity index (χ3v) is 3.52. The average Bonchev–Trinajstić information content (AvgIpc) is 2.97. The Morgan fingerprint density at radius 3 is 2.75 bits per heavy atom. The second-order valence-electron chi connectivity index (χ2n) is 5.46. The Balaban J connectivity index is 2.02. The van der Waals surface area contributed by atoms with Crippen molar-refractivity contribution in [3.05, 3.63) is 54.0 Å². The maximum Gasteiger partial charge on any atom is 0.0821 e. The SMILES string of the molecule is CC(N)Cc1cccc2ccn(Cc3ccn(C)n3)c12. The van der Waals surface area contributed by atoms with Crippen LogP contribution in [0, 0.1) is 0 Å². The molecule has 0 amide bonds. The van der Waals surface area contributed by atoms with Crippen LogP contribution < -0.4 is 5.73 Å². The van der Waals surface area contributed by atoms with Gasteiger partial charge in [0.1, 0.15) is 0 Å². The van der Waals surface area contributed by atoms with Gasteiger partial charge >= 0.3 is 0 Å². The van der Waals surface area contributed by atoms with E-state index in [2.05, 4.69) is 46.2 Å². The molecule has 0 radical (unpaired) electrons. The third-order valence-electron chi connectivity index (χ3n) is 3.52. The van der Waals surface area contributed by atoms with Crippen molar-refractivity contribution in [2.45, 2.75) is 25.9 Å². The van der Waals surface area contributed by atoms with Gasteiger partial charge in [0.05, 0.1) is 17.8 Å². The first-order valence-corrected chi connectivity index (χ1v) is 6.94. The summed E-state index contributed by atoms with van der Waals surface area (Å²) >= 11 is 0. The van der Waals surface area contributed by atoms with Gasteiger partial charge in [-0.05, 0) is 36.4 Å². The minimum atomic E-state index is 0.166. The molecular formula is C16H20N4. The van der Waals surface area contributed by atoms with Gasteiger partial charge in [0.15, 0.2) is 0 Å². The summed E-state index contributed by atoms with van der Waals surface area (Å²) in [5, 5.41) is 5.72. The number of hydrogen-bond acceptors (Lipinski definition) is 2. The molecule has 0 aliphatic carbocycles. The second-order valence-corrected chi connectivity index (χ2v) is 5.46. The first-order valence-electron chi connectivity index (χ1n) is 6.94. The molecule has 0 bridgehead atoms. The van der Waals surface area contributed by atoms with E-state index in [9.17, 15) is 0 Å². The van der Waals surface area contributed by atoms with E-state index >= 15 is 0 Å². The van der Waals surface area contributed by atoms with Crippen molar-refractivity contribution in [2.75, 3.05) is 0 Å². The molecule has 0 spiro atoms. The maximum atomic E-state index is 5.97. The summed E-state index contributed by atoms with van der Waals surface area (Å²) in [4.78, 5) is 0. The van der Waals surface area contributed by atoms with Gasteiger partial charge in [-0.2, -0.15) is 5.10 Å². The van der Waals surface area contributed by atoms with E-state index in [1.807, 2.05) is 24.9 Å². The van der Waals surface area contributed by atoms with Crippen molar-refractivity contribution in [3.8, 4) is 0 Å². The average molecular weight is 268 g/mol. The zero-order valence-electron chi connectivity index (χ0n) is 12.0. The Morgan fingerprint density at radius 1 is 1.20 bits per heavy atom. The summed E-state index contributed by atoms with van der Waals surface area (Å²) < 4.78 is 4.10. The Hall–Kier alpha value is -2.07. The molecule has 104 valence electrons. The second kappa shape index (κ2) is 5.13. The van der Waals surface area contributed by atoms with E-state index in [-0.39, 0.29) is 6.04 Å². The molecule has 1 aromatic carbocycles. The molecule has 20 heavy (non-hydrogen) atoms. The number of benzene rings is 1. The standard InChI is InChI=1S/C16H20N4/c1-12(17)10-14-5-3-4-13-6-9-20(16(13)14)11-15-7-8-19(2)18-15/h3-9,12H,10-11,17H2,1-2H3. The summed E-state index contributed by atoms with van der Waals surface area (Å²) in [6.45, 7) is 2.84. The monoisotopic (exact) mass is 268 g/mol. The van der Waals surface area contributed by atoms with Crippen LogP contribution in [0.25, 0.3) is 10.9 Å². The third kappa shape index (κ3) is 2.47. The Morgan fingerprint density at radius 2 is 2.05 bits per heavy atom. The van der Waals surface area contributed by atoms with E-state index in [1.165, 1.54) is 16.5 Å². The van der Waals surface area contributed by atoms with E-state index in [0.717, 1.165) is 18.7 Å². The van der Waals surface area contributed by atoms with Crippen molar-refractivity contribution < 1.29 is 0 Å². The molecule has 2 N–H and O–H groups in total. The van der Waals surface area contributed by atoms with Gasteiger partial charge in [-0.25, -0.2) is 0 Å². The summed E-state index contributed by atoms with van der Waals surface area (Å²) in [6, 6.07) is 10.8. The lowest BCUT2D eigenvalue weighted by molar-refractivity contribution is 0.710. The summed E-state index contributed by atoms with van der Waals surface area (Å²) in [7, 11) is 1.94. The molecule has 0 saturated carbocycles. The molecule has 3 rings (SSSR count). The highest BCUT2D eigenvalue weighted by Gasteiger charge is 2.09. The smallest absolute Gasteiger partial charge is 0.0821 e. The fraction of sp³-hybridized carbons (Fsp3) is 0.312. The van der Waals surface area contributed by atoms with Crippen LogP contribution in [0.3, 0.4) is 0 Å². The van der Waals surface area contributed by atoms with Crippen molar-refractivity contribution in [1.82, 2.24) is 14.3 Å². The van der Waals surface area contributed by atoms with Crippen molar-refractivity contribution in [3.63, 3.8) is 0 Å². The zero-order valence-corrected chi connectivity index (χ0v) is 12.0. The molecule has 0 saturated heterocycles. The molecule has 2 aromatic heterocycles. The number of aryl methyl sites for hydroxylation is 1. The first-order chi connectivity index (χ1) is 9.63. The molecule has 2 heterocycles. The highest BCUT2D eigenvalue weighted by atomic mass is 15.3. The van der Waals surface area contributed by atoms with Crippen LogP contribution in [0.1, 0.15) is 18.2 Å². The Kier molecular flexibility index (Phi) is 3.32. The highest BCUT2D eigenvalue weighted by molar-refractivity contribution is 5.83. The van der Waals surface area contributed by atoms with Gasteiger partial charge in [-0.15, -0.1) is 0 Å². The number of rotatable bonds is 4. The Labute approximate surface area is 118 Å². The molecule has 4 nitrogen and oxygen atoms in total. The fourth-order valence-corrected chi connectivity index (χ4v) is 2.71.